The van der Waals surface area contributed by atoms with Crippen molar-refractivity contribution in [3.8, 4) is 0 Å². The van der Waals surface area contributed by atoms with Crippen LogP contribution < -0.4 is 10.6 Å². The number of amides is 1. The highest BCUT2D eigenvalue weighted by Gasteiger charge is 2.26. The van der Waals surface area contributed by atoms with Crippen molar-refractivity contribution in [2.75, 3.05) is 12.4 Å². The van der Waals surface area contributed by atoms with Crippen LogP contribution in [0.3, 0.4) is 0 Å². The largest absolute Gasteiger partial charge is 0.382 e. The molecule has 1 aliphatic carbocycles. The van der Waals surface area contributed by atoms with Crippen molar-refractivity contribution >= 4 is 11.6 Å². The molecule has 1 aliphatic rings. The Balaban J connectivity index is 2.02. The van der Waals surface area contributed by atoms with Crippen molar-refractivity contribution in [1.29, 1.82) is 0 Å². The van der Waals surface area contributed by atoms with E-state index >= 15 is 0 Å². The highest BCUT2D eigenvalue weighted by atomic mass is 16.1. The van der Waals surface area contributed by atoms with Crippen LogP contribution in [0.1, 0.15) is 55.5 Å². The van der Waals surface area contributed by atoms with Crippen LogP contribution in [0.5, 0.6) is 0 Å². The van der Waals surface area contributed by atoms with E-state index in [0.29, 0.717) is 11.5 Å². The Morgan fingerprint density at radius 3 is 2.45 bits per heavy atom. The summed E-state index contributed by atoms with van der Waals surface area (Å²) in [4.78, 5) is 11.6. The molecule has 1 aromatic carbocycles. The molecular weight excluding hydrogens is 248 g/mol. The molecular formula is C17H26N2O. The average Bonchev–Trinajstić information content (AvgIpc) is 2.42. The Hall–Kier alpha value is -1.51. The van der Waals surface area contributed by atoms with Gasteiger partial charge in [0.15, 0.2) is 0 Å². The van der Waals surface area contributed by atoms with Gasteiger partial charge in [-0.05, 0) is 61.8 Å². The Morgan fingerprint density at radius 1 is 1.25 bits per heavy atom. The average molecular weight is 274 g/mol. The van der Waals surface area contributed by atoms with Gasteiger partial charge in [0.1, 0.15) is 0 Å². The lowest BCUT2D eigenvalue weighted by Gasteiger charge is -2.35. The molecule has 1 fully saturated rings. The minimum Gasteiger partial charge on any atom is -0.382 e. The standard InChI is InChI=1S/C17H26N2O/c1-12-11-13(16(20)18-4)5-6-15(12)19-14-7-9-17(2,3)10-8-14/h5-6,11,14,19H,7-10H2,1-4H3,(H,18,20). The summed E-state index contributed by atoms with van der Waals surface area (Å²) in [5.41, 5.74) is 3.51. The molecule has 0 unspecified atom stereocenters. The van der Waals surface area contributed by atoms with E-state index < -0.39 is 0 Å². The summed E-state index contributed by atoms with van der Waals surface area (Å²) in [6.07, 6.45) is 5.01. The third-order valence-electron chi connectivity index (χ3n) is 4.41. The fourth-order valence-electron chi connectivity index (χ4n) is 2.87. The minimum absolute atomic E-state index is 0.0286. The molecule has 0 saturated heterocycles. The van der Waals surface area contributed by atoms with Crippen molar-refractivity contribution in [2.45, 2.75) is 52.5 Å². The first-order valence-corrected chi connectivity index (χ1v) is 7.50. The second-order valence-corrected chi connectivity index (χ2v) is 6.69. The Labute approximate surface area is 122 Å². The van der Waals surface area contributed by atoms with Crippen molar-refractivity contribution in [3.63, 3.8) is 0 Å². The predicted octanol–water partition coefficient (Wildman–Crippen LogP) is 3.74. The molecule has 0 aliphatic heterocycles. The lowest BCUT2D eigenvalue weighted by Crippen LogP contribution is -2.30. The number of hydrogen-bond donors (Lipinski definition) is 2. The van der Waals surface area contributed by atoms with Gasteiger partial charge in [-0.3, -0.25) is 4.79 Å². The summed E-state index contributed by atoms with van der Waals surface area (Å²) in [5, 5.41) is 6.30. The summed E-state index contributed by atoms with van der Waals surface area (Å²) in [5.74, 6) is -0.0286. The molecule has 110 valence electrons. The maximum absolute atomic E-state index is 11.6. The number of anilines is 1. The number of rotatable bonds is 3. The second-order valence-electron chi connectivity index (χ2n) is 6.69. The molecule has 20 heavy (non-hydrogen) atoms. The maximum atomic E-state index is 11.6. The maximum Gasteiger partial charge on any atom is 0.251 e. The van der Waals surface area contributed by atoms with Crippen LogP contribution in [0.4, 0.5) is 5.69 Å². The van der Waals surface area contributed by atoms with E-state index in [1.165, 1.54) is 25.7 Å². The molecule has 0 radical (unpaired) electrons. The fraction of sp³-hybridized carbons (Fsp3) is 0.588. The van der Waals surface area contributed by atoms with E-state index in [1.54, 1.807) is 7.05 Å². The molecule has 1 saturated carbocycles. The molecule has 0 spiro atoms. The third kappa shape index (κ3) is 3.53. The summed E-state index contributed by atoms with van der Waals surface area (Å²) in [6, 6.07) is 6.43. The van der Waals surface area contributed by atoms with Crippen molar-refractivity contribution in [2.24, 2.45) is 5.41 Å². The Bertz CT molecular complexity index is 484. The van der Waals surface area contributed by atoms with Gasteiger partial charge in [-0.25, -0.2) is 0 Å². The monoisotopic (exact) mass is 274 g/mol. The second kappa shape index (κ2) is 5.86. The summed E-state index contributed by atoms with van der Waals surface area (Å²) < 4.78 is 0. The molecule has 1 amide bonds. The van der Waals surface area contributed by atoms with E-state index in [-0.39, 0.29) is 5.91 Å². The SMILES string of the molecule is CNC(=O)c1ccc(NC2CCC(C)(C)CC2)c(C)c1. The third-order valence-corrected chi connectivity index (χ3v) is 4.41. The van der Waals surface area contributed by atoms with E-state index in [2.05, 4.69) is 31.4 Å². The molecule has 0 heterocycles. The lowest BCUT2D eigenvalue weighted by molar-refractivity contribution is 0.0963. The number of carbonyl (C=O) groups excluding carboxylic acids is 1. The van der Waals surface area contributed by atoms with E-state index in [0.717, 1.165) is 16.8 Å². The van der Waals surface area contributed by atoms with Gasteiger partial charge >= 0.3 is 0 Å². The summed E-state index contributed by atoms with van der Waals surface area (Å²) in [6.45, 7) is 6.76. The van der Waals surface area contributed by atoms with Crippen LogP contribution in [0.2, 0.25) is 0 Å². The van der Waals surface area contributed by atoms with E-state index in [1.807, 2.05) is 18.2 Å². The normalized spacial score (nSPS) is 18.6. The van der Waals surface area contributed by atoms with Gasteiger partial charge in [-0.2, -0.15) is 0 Å². The fourth-order valence-corrected chi connectivity index (χ4v) is 2.87. The van der Waals surface area contributed by atoms with Gasteiger partial charge in [0, 0.05) is 24.3 Å². The topological polar surface area (TPSA) is 41.1 Å². The van der Waals surface area contributed by atoms with E-state index in [4.69, 9.17) is 0 Å². The Kier molecular flexibility index (Phi) is 4.36. The first-order valence-electron chi connectivity index (χ1n) is 7.50. The van der Waals surface area contributed by atoms with Crippen LogP contribution in [0.25, 0.3) is 0 Å². The predicted molar refractivity (Wildman–Crippen MR) is 84.2 cm³/mol. The van der Waals surface area contributed by atoms with E-state index in [9.17, 15) is 4.79 Å². The van der Waals surface area contributed by atoms with Crippen LogP contribution in [-0.2, 0) is 0 Å². The van der Waals surface area contributed by atoms with Gasteiger partial charge in [0.25, 0.3) is 5.91 Å². The van der Waals surface area contributed by atoms with Crippen LogP contribution in [0.15, 0.2) is 18.2 Å². The highest BCUT2D eigenvalue weighted by molar-refractivity contribution is 5.94. The molecule has 2 N–H and O–H groups in total. The van der Waals surface area contributed by atoms with Crippen LogP contribution in [-0.4, -0.2) is 19.0 Å². The molecule has 3 heteroatoms. The molecule has 2 rings (SSSR count). The molecule has 0 atom stereocenters. The van der Waals surface area contributed by atoms with Gasteiger partial charge in [0.2, 0.25) is 0 Å². The number of benzene rings is 1. The van der Waals surface area contributed by atoms with Crippen molar-refractivity contribution < 1.29 is 4.79 Å². The number of carbonyl (C=O) groups is 1. The lowest BCUT2D eigenvalue weighted by atomic mass is 9.75. The zero-order valence-corrected chi connectivity index (χ0v) is 13.0. The molecule has 0 bridgehead atoms. The van der Waals surface area contributed by atoms with Crippen molar-refractivity contribution in [3.05, 3.63) is 29.3 Å². The summed E-state index contributed by atoms with van der Waals surface area (Å²) >= 11 is 0. The Morgan fingerprint density at radius 2 is 1.90 bits per heavy atom. The molecule has 3 nitrogen and oxygen atoms in total. The smallest absolute Gasteiger partial charge is 0.251 e. The summed E-state index contributed by atoms with van der Waals surface area (Å²) in [7, 11) is 1.66. The number of nitrogens with one attached hydrogen (secondary N) is 2. The first-order chi connectivity index (χ1) is 9.41. The number of aryl methyl sites for hydroxylation is 1. The quantitative estimate of drug-likeness (QED) is 0.881. The van der Waals surface area contributed by atoms with Gasteiger partial charge in [-0.1, -0.05) is 13.8 Å². The van der Waals surface area contributed by atoms with Gasteiger partial charge in [-0.15, -0.1) is 0 Å². The van der Waals surface area contributed by atoms with Gasteiger partial charge in [0.05, 0.1) is 0 Å². The molecule has 1 aromatic rings. The molecule has 0 aromatic heterocycles. The zero-order valence-electron chi connectivity index (χ0n) is 13.0. The van der Waals surface area contributed by atoms with Crippen LogP contribution >= 0.6 is 0 Å². The van der Waals surface area contributed by atoms with Crippen molar-refractivity contribution in [1.82, 2.24) is 5.32 Å². The highest BCUT2D eigenvalue weighted by Crippen LogP contribution is 2.36. The number of hydrogen-bond acceptors (Lipinski definition) is 2. The van der Waals surface area contributed by atoms with Crippen LogP contribution in [0, 0.1) is 12.3 Å². The minimum atomic E-state index is -0.0286. The zero-order chi connectivity index (χ0) is 14.8. The van der Waals surface area contributed by atoms with Gasteiger partial charge < -0.3 is 10.6 Å². The first kappa shape index (κ1) is 14.9.